The molecule has 29 heavy (non-hydrogen) atoms. The van der Waals surface area contributed by atoms with Gasteiger partial charge in [0, 0.05) is 17.1 Å². The highest BCUT2D eigenvalue weighted by molar-refractivity contribution is 7.99. The van der Waals surface area contributed by atoms with Crippen LogP contribution in [0.15, 0.2) is 82.3 Å². The number of furan rings is 1. The number of anilines is 1. The van der Waals surface area contributed by atoms with E-state index in [1.54, 1.807) is 29.0 Å². The lowest BCUT2D eigenvalue weighted by atomic mass is 10.1. The van der Waals surface area contributed by atoms with Gasteiger partial charge in [-0.1, -0.05) is 42.5 Å². The van der Waals surface area contributed by atoms with Gasteiger partial charge in [0.2, 0.25) is 0 Å². The zero-order valence-corrected chi connectivity index (χ0v) is 16.6. The Balaban J connectivity index is 1.47. The van der Waals surface area contributed by atoms with E-state index in [1.165, 1.54) is 0 Å². The number of esters is 1. The van der Waals surface area contributed by atoms with Crippen molar-refractivity contribution in [2.75, 3.05) is 17.3 Å². The molecule has 2 aromatic carbocycles. The average Bonchev–Trinajstić information content (AvgIpc) is 3.29. The molecule has 0 radical (unpaired) electrons. The Labute approximate surface area is 173 Å². The molecular formula is C23H21NO4S. The molecular weight excluding hydrogens is 386 g/mol. The molecule has 1 aliphatic heterocycles. The van der Waals surface area contributed by atoms with Gasteiger partial charge in [0.05, 0.1) is 24.4 Å². The third-order valence-corrected chi connectivity index (χ3v) is 5.94. The van der Waals surface area contributed by atoms with Crippen LogP contribution in [0.4, 0.5) is 5.69 Å². The number of carbonyl (C=O) groups excluding carboxylic acids is 2. The first-order valence-corrected chi connectivity index (χ1v) is 10.5. The first-order chi connectivity index (χ1) is 14.2. The molecule has 1 amide bonds. The molecule has 1 atom stereocenters. The van der Waals surface area contributed by atoms with Crippen LogP contribution in [-0.4, -0.2) is 24.2 Å². The maximum atomic E-state index is 13.1. The lowest BCUT2D eigenvalue weighted by Gasteiger charge is -2.37. The third kappa shape index (κ3) is 4.54. The van der Waals surface area contributed by atoms with E-state index >= 15 is 0 Å². The van der Waals surface area contributed by atoms with Crippen LogP contribution in [0.25, 0.3) is 0 Å². The second-order valence-electron chi connectivity index (χ2n) is 6.71. The van der Waals surface area contributed by atoms with Crippen molar-refractivity contribution in [2.24, 2.45) is 0 Å². The molecule has 0 saturated heterocycles. The van der Waals surface area contributed by atoms with Gasteiger partial charge in [0.1, 0.15) is 5.76 Å². The zero-order valence-electron chi connectivity index (χ0n) is 15.8. The van der Waals surface area contributed by atoms with Gasteiger partial charge in [0.15, 0.2) is 6.61 Å². The Morgan fingerprint density at radius 1 is 1.03 bits per heavy atom. The van der Waals surface area contributed by atoms with Crippen molar-refractivity contribution in [3.05, 3.63) is 84.3 Å². The smallest absolute Gasteiger partial charge is 0.306 e. The van der Waals surface area contributed by atoms with Crippen LogP contribution in [0.2, 0.25) is 0 Å². The fourth-order valence-electron chi connectivity index (χ4n) is 3.38. The number of hydrogen-bond acceptors (Lipinski definition) is 5. The van der Waals surface area contributed by atoms with E-state index in [0.29, 0.717) is 6.42 Å². The summed E-state index contributed by atoms with van der Waals surface area (Å²) in [5.74, 6) is 0.835. The highest BCUT2D eigenvalue weighted by atomic mass is 32.2. The number of carbonyl (C=O) groups is 2. The van der Waals surface area contributed by atoms with Crippen molar-refractivity contribution >= 4 is 29.3 Å². The first kappa shape index (κ1) is 19.3. The molecule has 148 valence electrons. The average molecular weight is 407 g/mol. The molecule has 0 unspecified atom stereocenters. The molecule has 0 bridgehead atoms. The summed E-state index contributed by atoms with van der Waals surface area (Å²) in [4.78, 5) is 28.0. The van der Waals surface area contributed by atoms with Gasteiger partial charge >= 0.3 is 5.97 Å². The molecule has 3 aromatic rings. The number of hydrogen-bond donors (Lipinski definition) is 0. The number of thioether (sulfide) groups is 1. The van der Waals surface area contributed by atoms with E-state index in [9.17, 15) is 9.59 Å². The van der Waals surface area contributed by atoms with Crippen LogP contribution in [0.1, 0.15) is 23.8 Å². The molecule has 5 nitrogen and oxygen atoms in total. The lowest BCUT2D eigenvalue weighted by molar-refractivity contribution is -0.148. The van der Waals surface area contributed by atoms with Crippen LogP contribution in [-0.2, 0) is 20.7 Å². The molecule has 0 fully saturated rings. The highest BCUT2D eigenvalue weighted by Gasteiger charge is 2.32. The van der Waals surface area contributed by atoms with Crippen molar-refractivity contribution < 1.29 is 18.7 Å². The van der Waals surface area contributed by atoms with Crippen molar-refractivity contribution in [1.29, 1.82) is 0 Å². The summed E-state index contributed by atoms with van der Waals surface area (Å²) in [6.45, 7) is -0.278. The highest BCUT2D eigenvalue weighted by Crippen LogP contribution is 2.43. The number of ether oxygens (including phenoxy) is 1. The standard InChI is InChI=1S/C23H21NO4S/c25-22(15-28-23(26)13-12-18-9-6-14-27-18)24-19-10-4-5-11-21(19)29-16-20(24)17-7-2-1-3-8-17/h1-11,14,20H,12-13,15-16H2/t20-/m1/s1. The number of fused-ring (bicyclic) bond motifs is 1. The van der Waals surface area contributed by atoms with E-state index in [4.69, 9.17) is 9.15 Å². The fourth-order valence-corrected chi connectivity index (χ4v) is 4.55. The number of nitrogens with zero attached hydrogens (tertiary/aromatic N) is 1. The topological polar surface area (TPSA) is 59.8 Å². The van der Waals surface area contributed by atoms with E-state index in [-0.39, 0.29) is 25.0 Å². The van der Waals surface area contributed by atoms with E-state index in [2.05, 4.69) is 0 Å². The van der Waals surface area contributed by atoms with Gasteiger partial charge in [-0.25, -0.2) is 0 Å². The number of rotatable bonds is 6. The molecule has 1 aliphatic rings. The molecule has 4 rings (SSSR count). The van der Waals surface area contributed by atoms with Crippen LogP contribution < -0.4 is 4.90 Å². The minimum absolute atomic E-state index is 0.106. The van der Waals surface area contributed by atoms with Gasteiger partial charge in [0.25, 0.3) is 5.91 Å². The van der Waals surface area contributed by atoms with Crippen LogP contribution >= 0.6 is 11.8 Å². The zero-order chi connectivity index (χ0) is 20.1. The lowest BCUT2D eigenvalue weighted by Crippen LogP contribution is -2.41. The van der Waals surface area contributed by atoms with Crippen LogP contribution in [0, 0.1) is 0 Å². The molecule has 0 spiro atoms. The number of benzene rings is 2. The van der Waals surface area contributed by atoms with Crippen LogP contribution in [0.5, 0.6) is 0 Å². The molecule has 0 aliphatic carbocycles. The molecule has 2 heterocycles. The van der Waals surface area contributed by atoms with E-state index in [0.717, 1.165) is 27.7 Å². The summed E-state index contributed by atoms with van der Waals surface area (Å²) in [6, 6.07) is 21.3. The quantitative estimate of drug-likeness (QED) is 0.558. The summed E-state index contributed by atoms with van der Waals surface area (Å²) >= 11 is 1.73. The Kier molecular flexibility index (Phi) is 6.00. The normalized spacial score (nSPS) is 15.6. The fraction of sp³-hybridized carbons (Fsp3) is 0.217. The van der Waals surface area contributed by atoms with E-state index in [1.807, 2.05) is 60.7 Å². The number of aryl methyl sites for hydroxylation is 1. The second-order valence-corrected chi connectivity index (χ2v) is 7.77. The summed E-state index contributed by atoms with van der Waals surface area (Å²) in [5, 5.41) is 0. The number of amides is 1. The Hall–Kier alpha value is -2.99. The maximum Gasteiger partial charge on any atom is 0.306 e. The Morgan fingerprint density at radius 3 is 2.62 bits per heavy atom. The van der Waals surface area contributed by atoms with Gasteiger partial charge in [-0.2, -0.15) is 0 Å². The third-order valence-electron chi connectivity index (χ3n) is 4.80. The van der Waals surface area contributed by atoms with Crippen molar-refractivity contribution in [1.82, 2.24) is 0 Å². The number of para-hydroxylation sites is 1. The second kappa shape index (κ2) is 9.01. The first-order valence-electron chi connectivity index (χ1n) is 9.49. The SMILES string of the molecule is O=C(CCc1ccco1)OCC(=O)N1c2ccccc2SC[C@@H]1c1ccccc1. The van der Waals surface area contributed by atoms with Crippen LogP contribution in [0.3, 0.4) is 0 Å². The molecule has 1 aromatic heterocycles. The van der Waals surface area contributed by atoms with Gasteiger partial charge < -0.3 is 9.15 Å². The van der Waals surface area contributed by atoms with Gasteiger partial charge in [-0.15, -0.1) is 11.8 Å². The minimum Gasteiger partial charge on any atom is -0.469 e. The van der Waals surface area contributed by atoms with E-state index < -0.39 is 5.97 Å². The Morgan fingerprint density at radius 2 is 1.83 bits per heavy atom. The minimum atomic E-state index is -0.411. The maximum absolute atomic E-state index is 13.1. The molecule has 6 heteroatoms. The summed E-state index contributed by atoms with van der Waals surface area (Å²) in [6.07, 6.45) is 2.20. The molecule has 0 N–H and O–H groups in total. The van der Waals surface area contributed by atoms with Crippen molar-refractivity contribution in [3.8, 4) is 0 Å². The van der Waals surface area contributed by atoms with Crippen molar-refractivity contribution in [3.63, 3.8) is 0 Å². The summed E-state index contributed by atoms with van der Waals surface area (Å²) < 4.78 is 10.5. The predicted molar refractivity (Wildman–Crippen MR) is 112 cm³/mol. The van der Waals surface area contributed by atoms with Gasteiger partial charge in [-0.05, 0) is 29.8 Å². The molecule has 0 saturated carbocycles. The predicted octanol–water partition coefficient (Wildman–Crippen LogP) is 4.64. The van der Waals surface area contributed by atoms with Crippen molar-refractivity contribution in [2.45, 2.75) is 23.8 Å². The monoisotopic (exact) mass is 407 g/mol. The van der Waals surface area contributed by atoms with Gasteiger partial charge in [-0.3, -0.25) is 14.5 Å². The summed E-state index contributed by atoms with van der Waals surface area (Å²) in [7, 11) is 0. The largest absolute Gasteiger partial charge is 0.469 e. The summed E-state index contributed by atoms with van der Waals surface area (Å²) in [5.41, 5.74) is 1.92. The Bertz CT molecular complexity index is 972.